The van der Waals surface area contributed by atoms with Crippen LogP contribution in [0.5, 0.6) is 0 Å². The van der Waals surface area contributed by atoms with E-state index >= 15 is 0 Å². The quantitative estimate of drug-likeness (QED) is 0.259. The number of hydrogen-bond acceptors (Lipinski definition) is 8. The van der Waals surface area contributed by atoms with Gasteiger partial charge in [0.15, 0.2) is 0 Å². The molecule has 2 aromatic carbocycles. The van der Waals surface area contributed by atoms with E-state index in [1.54, 1.807) is 54.7 Å². The number of allylic oxidation sites excluding steroid dienone is 1. The highest BCUT2D eigenvalue weighted by atomic mass is 35.5. The van der Waals surface area contributed by atoms with Crippen LogP contribution in [0.15, 0.2) is 67.2 Å². The van der Waals surface area contributed by atoms with Crippen LogP contribution in [0.25, 0.3) is 23.0 Å². The Labute approximate surface area is 238 Å². The second-order valence-corrected chi connectivity index (χ2v) is 9.32. The van der Waals surface area contributed by atoms with E-state index in [9.17, 15) is 14.4 Å². The summed E-state index contributed by atoms with van der Waals surface area (Å²) in [5, 5.41) is 20.1. The van der Waals surface area contributed by atoms with Gasteiger partial charge in [-0.3, -0.25) is 14.9 Å². The van der Waals surface area contributed by atoms with Crippen LogP contribution >= 0.6 is 11.6 Å². The molecule has 0 fully saturated rings. The van der Waals surface area contributed by atoms with E-state index < -0.39 is 12.1 Å². The average molecular weight is 574 g/mol. The van der Waals surface area contributed by atoms with Gasteiger partial charge in [0.2, 0.25) is 11.8 Å². The number of aromatic nitrogens is 6. The summed E-state index contributed by atoms with van der Waals surface area (Å²) < 4.78 is 6.12. The van der Waals surface area contributed by atoms with E-state index in [1.807, 2.05) is 0 Å². The van der Waals surface area contributed by atoms with Gasteiger partial charge in [-0.25, -0.2) is 9.78 Å². The summed E-state index contributed by atoms with van der Waals surface area (Å²) in [4.78, 5) is 45.0. The maximum atomic E-state index is 13.0. The fraction of sp³-hybridized carbons (Fsp3) is 0.148. The minimum atomic E-state index is -0.636. The zero-order chi connectivity index (χ0) is 28.8. The van der Waals surface area contributed by atoms with E-state index in [0.717, 1.165) is 0 Å². The van der Waals surface area contributed by atoms with Crippen LogP contribution < -0.4 is 16.0 Å². The second kappa shape index (κ2) is 12.3. The number of nitrogens with one attached hydrogen (secondary N) is 4. The molecule has 0 spiro atoms. The van der Waals surface area contributed by atoms with Gasteiger partial charge in [0.05, 0.1) is 36.4 Å². The molecule has 14 heteroatoms. The average Bonchev–Trinajstić information content (AvgIpc) is 3.66. The number of hydrogen-bond donors (Lipinski definition) is 4. The summed E-state index contributed by atoms with van der Waals surface area (Å²) in [7, 11) is 1.26. The molecule has 2 aromatic heterocycles. The number of methoxy groups -OCH3 is 1. The molecule has 3 amide bonds. The SMILES string of the molecule is COC(=O)Nc1ccc2c(c1)NC(=O)/C=C/CCC(NC(=O)/C=C/c1cc(Cl)ccc1-n1cnnn1)c1ncc-2[nH]1. The van der Waals surface area contributed by atoms with E-state index in [1.165, 1.54) is 30.3 Å². The Morgan fingerprint density at radius 1 is 1.22 bits per heavy atom. The number of aromatic amines is 1. The number of anilines is 2. The standard InChI is InChI=1S/C27H24ClN9O4/c1-41-27(40)31-18-8-9-19-21(13-18)33-24(38)5-3-2-4-20(26-29-14-22(19)34-26)32-25(39)11-6-16-12-17(28)7-10-23(16)37-15-30-35-36-37/h3,5-15,20H,2,4H2,1H3,(H,29,34)(H,31,40)(H,32,39)(H,33,38)/b5-3+,11-6+. The van der Waals surface area contributed by atoms with Crippen molar-refractivity contribution in [2.45, 2.75) is 18.9 Å². The number of carbonyl (C=O) groups is 3. The maximum Gasteiger partial charge on any atom is 0.411 e. The number of imidazole rings is 1. The first-order chi connectivity index (χ1) is 19.9. The lowest BCUT2D eigenvalue weighted by Crippen LogP contribution is -2.27. The number of nitrogens with zero attached hydrogens (tertiary/aromatic N) is 5. The Balaban J connectivity index is 1.39. The number of tetrazole rings is 1. The van der Waals surface area contributed by atoms with Gasteiger partial charge < -0.3 is 20.4 Å². The molecule has 4 N–H and O–H groups in total. The summed E-state index contributed by atoms with van der Waals surface area (Å²) in [5.41, 5.74) is 3.44. The first-order valence-corrected chi connectivity index (χ1v) is 12.8. The van der Waals surface area contributed by atoms with Crippen LogP contribution in [0.2, 0.25) is 5.02 Å². The molecule has 5 rings (SSSR count). The lowest BCUT2D eigenvalue weighted by molar-refractivity contribution is -0.117. The first-order valence-electron chi connectivity index (χ1n) is 12.4. The van der Waals surface area contributed by atoms with Crippen molar-refractivity contribution in [1.29, 1.82) is 0 Å². The van der Waals surface area contributed by atoms with Crippen LogP contribution in [0.1, 0.15) is 30.3 Å². The molecular weight excluding hydrogens is 550 g/mol. The minimum absolute atomic E-state index is 0.342. The monoisotopic (exact) mass is 573 g/mol. The van der Waals surface area contributed by atoms with E-state index in [-0.39, 0.29) is 11.8 Å². The molecule has 1 unspecified atom stereocenters. The highest BCUT2D eigenvalue weighted by molar-refractivity contribution is 6.30. The molecule has 2 bridgehead atoms. The van der Waals surface area contributed by atoms with E-state index in [2.05, 4.69) is 46.2 Å². The zero-order valence-electron chi connectivity index (χ0n) is 21.7. The van der Waals surface area contributed by atoms with E-state index in [4.69, 9.17) is 11.6 Å². The van der Waals surface area contributed by atoms with Crippen molar-refractivity contribution >= 4 is 47.0 Å². The Bertz CT molecular complexity index is 1650. The number of amides is 3. The molecule has 1 atom stereocenters. The summed E-state index contributed by atoms with van der Waals surface area (Å²) in [6, 6.07) is 9.71. The molecule has 3 heterocycles. The van der Waals surface area contributed by atoms with Crippen LogP contribution in [0.4, 0.5) is 16.2 Å². The van der Waals surface area contributed by atoms with E-state index in [0.29, 0.717) is 57.6 Å². The molecule has 41 heavy (non-hydrogen) atoms. The van der Waals surface area contributed by atoms with Gasteiger partial charge >= 0.3 is 6.09 Å². The third-order valence-corrected chi connectivity index (χ3v) is 6.37. The molecule has 0 saturated carbocycles. The lowest BCUT2D eigenvalue weighted by Gasteiger charge is -2.16. The van der Waals surface area contributed by atoms with Gasteiger partial charge in [0.25, 0.3) is 0 Å². The van der Waals surface area contributed by atoms with Crippen molar-refractivity contribution in [2.24, 2.45) is 0 Å². The summed E-state index contributed by atoms with van der Waals surface area (Å²) in [6.45, 7) is 0. The number of ether oxygens (including phenoxy) is 1. The van der Waals surface area contributed by atoms with Crippen molar-refractivity contribution in [1.82, 2.24) is 35.5 Å². The van der Waals surface area contributed by atoms with Gasteiger partial charge in [-0.2, -0.15) is 4.68 Å². The van der Waals surface area contributed by atoms with Crippen molar-refractivity contribution in [2.75, 3.05) is 17.7 Å². The molecular formula is C27H24ClN9O4. The number of benzene rings is 2. The highest BCUT2D eigenvalue weighted by Gasteiger charge is 2.19. The molecule has 0 radical (unpaired) electrons. The number of fused-ring (bicyclic) bond motifs is 4. The third-order valence-electron chi connectivity index (χ3n) is 6.13. The minimum Gasteiger partial charge on any atom is -0.453 e. The highest BCUT2D eigenvalue weighted by Crippen LogP contribution is 2.31. The number of H-pyrrole nitrogens is 1. The zero-order valence-corrected chi connectivity index (χ0v) is 22.4. The maximum absolute atomic E-state index is 13.0. The van der Waals surface area contributed by atoms with Crippen LogP contribution in [0.3, 0.4) is 0 Å². The van der Waals surface area contributed by atoms with Gasteiger partial charge in [-0.15, -0.1) is 5.10 Å². The smallest absolute Gasteiger partial charge is 0.411 e. The van der Waals surface area contributed by atoms with Crippen LogP contribution in [-0.2, 0) is 14.3 Å². The number of halogens is 1. The van der Waals surface area contributed by atoms with Gasteiger partial charge in [-0.05, 0) is 71.8 Å². The van der Waals surface area contributed by atoms with Crippen LogP contribution in [-0.4, -0.2) is 55.2 Å². The van der Waals surface area contributed by atoms with Crippen molar-refractivity contribution in [3.63, 3.8) is 0 Å². The molecule has 0 saturated heterocycles. The fourth-order valence-electron chi connectivity index (χ4n) is 4.21. The normalized spacial score (nSPS) is 15.7. The number of carbonyl (C=O) groups excluding carboxylic acids is 3. The molecule has 0 aliphatic carbocycles. The lowest BCUT2D eigenvalue weighted by atomic mass is 10.1. The summed E-state index contributed by atoms with van der Waals surface area (Å²) >= 11 is 6.18. The first kappa shape index (κ1) is 27.3. The van der Waals surface area contributed by atoms with Crippen molar-refractivity contribution in [3.8, 4) is 16.9 Å². The summed E-state index contributed by atoms with van der Waals surface area (Å²) in [5.74, 6) is -0.157. The molecule has 208 valence electrons. The summed E-state index contributed by atoms with van der Waals surface area (Å²) in [6.07, 6.45) is 9.58. The Hall–Kier alpha value is -5.30. The molecule has 1 aliphatic rings. The van der Waals surface area contributed by atoms with Crippen LogP contribution in [0, 0.1) is 0 Å². The van der Waals surface area contributed by atoms with Gasteiger partial charge in [-0.1, -0.05) is 17.7 Å². The molecule has 1 aliphatic heterocycles. The topological polar surface area (TPSA) is 169 Å². The number of rotatable bonds is 5. The van der Waals surface area contributed by atoms with Gasteiger partial charge in [0, 0.05) is 27.9 Å². The Kier molecular flexibility index (Phi) is 8.15. The predicted octanol–water partition coefficient (Wildman–Crippen LogP) is 4.04. The predicted molar refractivity (Wildman–Crippen MR) is 151 cm³/mol. The Morgan fingerprint density at radius 2 is 2.10 bits per heavy atom. The second-order valence-electron chi connectivity index (χ2n) is 8.88. The van der Waals surface area contributed by atoms with Gasteiger partial charge in [0.1, 0.15) is 12.2 Å². The molecule has 4 aromatic rings. The largest absolute Gasteiger partial charge is 0.453 e. The third kappa shape index (κ3) is 6.65. The fourth-order valence-corrected chi connectivity index (χ4v) is 4.39. The Morgan fingerprint density at radius 3 is 2.90 bits per heavy atom. The van der Waals surface area contributed by atoms with Crippen molar-refractivity contribution < 1.29 is 19.1 Å². The molecule has 13 nitrogen and oxygen atoms in total. The van der Waals surface area contributed by atoms with Crippen molar-refractivity contribution in [3.05, 3.63) is 83.6 Å².